The van der Waals surface area contributed by atoms with Crippen molar-refractivity contribution in [1.82, 2.24) is 9.62 Å². The van der Waals surface area contributed by atoms with Crippen molar-refractivity contribution in [3.05, 3.63) is 0 Å². The number of nitrogens with zero attached hydrogens (tertiary/aromatic N) is 1. The maximum Gasteiger partial charge on any atom is 0.215 e. The topological polar surface area (TPSA) is 58.6 Å². The third kappa shape index (κ3) is 3.16. The second-order valence-corrected chi connectivity index (χ2v) is 6.64. The van der Waals surface area contributed by atoms with Gasteiger partial charge in [0.05, 0.1) is 11.9 Å². The Balaban J connectivity index is 1.77. The summed E-state index contributed by atoms with van der Waals surface area (Å²) in [7, 11) is -1.45. The van der Waals surface area contributed by atoms with Crippen LogP contribution in [-0.2, 0) is 14.8 Å². The van der Waals surface area contributed by atoms with Crippen LogP contribution in [0.2, 0.25) is 0 Å². The second kappa shape index (κ2) is 5.00. The summed E-state index contributed by atoms with van der Waals surface area (Å²) in [6.45, 7) is 1.69. The quantitative estimate of drug-likeness (QED) is 0.706. The van der Waals surface area contributed by atoms with Gasteiger partial charge in [0, 0.05) is 32.8 Å². The van der Waals surface area contributed by atoms with Crippen molar-refractivity contribution in [2.45, 2.75) is 31.4 Å². The summed E-state index contributed by atoms with van der Waals surface area (Å²) in [5, 5.41) is 3.22. The van der Waals surface area contributed by atoms with Gasteiger partial charge in [0.1, 0.15) is 0 Å². The van der Waals surface area contributed by atoms with Gasteiger partial charge in [-0.15, -0.1) is 0 Å². The second-order valence-electron chi connectivity index (χ2n) is 4.55. The molecule has 0 bridgehead atoms. The fourth-order valence-electron chi connectivity index (χ4n) is 1.95. The molecule has 0 radical (unpaired) electrons. The van der Waals surface area contributed by atoms with Gasteiger partial charge in [-0.25, -0.2) is 8.42 Å². The normalized spacial score (nSPS) is 27.4. The molecule has 1 saturated carbocycles. The van der Waals surface area contributed by atoms with Crippen molar-refractivity contribution in [2.75, 3.05) is 32.5 Å². The van der Waals surface area contributed by atoms with E-state index in [0.717, 1.165) is 6.42 Å². The molecule has 0 aromatic rings. The summed E-state index contributed by atoms with van der Waals surface area (Å²) in [5.41, 5.74) is 0. The molecule has 5 nitrogen and oxygen atoms in total. The maximum atomic E-state index is 11.9. The van der Waals surface area contributed by atoms with Crippen LogP contribution in [0.3, 0.4) is 0 Å². The molecular formula is C10H20N2O3S. The Morgan fingerprint density at radius 2 is 2.12 bits per heavy atom. The van der Waals surface area contributed by atoms with Gasteiger partial charge < -0.3 is 10.1 Å². The standard InChI is InChI=1S/C10H20N2O3S/c1-15-10-4-6-12(8-10)16(13,14)7-5-11-9-2-3-9/h9-11H,2-8H2,1H3. The first-order valence-electron chi connectivity index (χ1n) is 5.86. The van der Waals surface area contributed by atoms with Crippen LogP contribution in [-0.4, -0.2) is 57.4 Å². The van der Waals surface area contributed by atoms with Crippen molar-refractivity contribution in [3.63, 3.8) is 0 Å². The van der Waals surface area contributed by atoms with E-state index in [0.29, 0.717) is 25.7 Å². The van der Waals surface area contributed by atoms with E-state index < -0.39 is 10.0 Å². The zero-order valence-corrected chi connectivity index (χ0v) is 10.5. The van der Waals surface area contributed by atoms with Crippen LogP contribution >= 0.6 is 0 Å². The van der Waals surface area contributed by atoms with E-state index in [4.69, 9.17) is 4.74 Å². The van der Waals surface area contributed by atoms with Crippen LogP contribution in [0.5, 0.6) is 0 Å². The highest BCUT2D eigenvalue weighted by atomic mass is 32.2. The van der Waals surface area contributed by atoms with Crippen molar-refractivity contribution < 1.29 is 13.2 Å². The van der Waals surface area contributed by atoms with Crippen molar-refractivity contribution in [2.24, 2.45) is 0 Å². The van der Waals surface area contributed by atoms with Gasteiger partial charge in [-0.05, 0) is 19.3 Å². The highest BCUT2D eigenvalue weighted by Gasteiger charge is 2.31. The van der Waals surface area contributed by atoms with E-state index in [1.807, 2.05) is 0 Å². The highest BCUT2D eigenvalue weighted by molar-refractivity contribution is 7.89. The number of nitrogens with one attached hydrogen (secondary N) is 1. The van der Waals surface area contributed by atoms with Crippen LogP contribution < -0.4 is 5.32 Å². The van der Waals surface area contributed by atoms with E-state index in [9.17, 15) is 8.42 Å². The predicted molar refractivity (Wildman–Crippen MR) is 61.8 cm³/mol. The van der Waals surface area contributed by atoms with Crippen LogP contribution in [0.4, 0.5) is 0 Å². The summed E-state index contributed by atoms with van der Waals surface area (Å²) < 4.78 is 30.6. The Bertz CT molecular complexity index is 327. The third-order valence-corrected chi connectivity index (χ3v) is 5.04. The van der Waals surface area contributed by atoms with Gasteiger partial charge in [-0.1, -0.05) is 0 Å². The molecule has 0 aromatic heterocycles. The highest BCUT2D eigenvalue weighted by Crippen LogP contribution is 2.19. The lowest BCUT2D eigenvalue weighted by atomic mass is 10.3. The van der Waals surface area contributed by atoms with Crippen LogP contribution in [0.1, 0.15) is 19.3 Å². The molecule has 0 spiro atoms. The minimum absolute atomic E-state index is 0.0752. The molecule has 2 fully saturated rings. The molecule has 6 heteroatoms. The van der Waals surface area contributed by atoms with E-state index in [1.54, 1.807) is 11.4 Å². The number of ether oxygens (including phenoxy) is 1. The molecule has 0 aromatic carbocycles. The average Bonchev–Trinajstić information content (AvgIpc) is 2.93. The molecule has 1 saturated heterocycles. The monoisotopic (exact) mass is 248 g/mol. The molecule has 1 unspecified atom stereocenters. The number of rotatable bonds is 6. The zero-order chi connectivity index (χ0) is 11.6. The van der Waals surface area contributed by atoms with E-state index in [1.165, 1.54) is 12.8 Å². The maximum absolute atomic E-state index is 11.9. The first-order valence-corrected chi connectivity index (χ1v) is 7.47. The number of hydrogen-bond donors (Lipinski definition) is 1. The largest absolute Gasteiger partial charge is 0.380 e. The van der Waals surface area contributed by atoms with Gasteiger partial charge in [0.15, 0.2) is 0 Å². The Morgan fingerprint density at radius 3 is 2.69 bits per heavy atom. The number of sulfonamides is 1. The predicted octanol–water partition coefficient (Wildman–Crippen LogP) is -0.211. The minimum Gasteiger partial charge on any atom is -0.380 e. The van der Waals surface area contributed by atoms with Gasteiger partial charge in [0.25, 0.3) is 0 Å². The van der Waals surface area contributed by atoms with Gasteiger partial charge in [-0.3, -0.25) is 0 Å². The smallest absolute Gasteiger partial charge is 0.215 e. The molecule has 0 amide bonds. The molecule has 16 heavy (non-hydrogen) atoms. The fraction of sp³-hybridized carbons (Fsp3) is 1.00. The van der Waals surface area contributed by atoms with Crippen molar-refractivity contribution in [1.29, 1.82) is 0 Å². The summed E-state index contributed by atoms with van der Waals surface area (Å²) in [6.07, 6.45) is 3.27. The SMILES string of the molecule is COC1CCN(S(=O)(=O)CCNC2CC2)C1. The van der Waals surface area contributed by atoms with Crippen molar-refractivity contribution in [3.8, 4) is 0 Å². The molecule has 1 aliphatic heterocycles. The molecule has 2 aliphatic rings. The number of methoxy groups -OCH3 is 1. The fourth-order valence-corrected chi connectivity index (χ4v) is 3.36. The molecule has 94 valence electrons. The Labute approximate surface area is 97.2 Å². The van der Waals surface area contributed by atoms with Crippen LogP contribution in [0.15, 0.2) is 0 Å². The van der Waals surface area contributed by atoms with Crippen LogP contribution in [0, 0.1) is 0 Å². The lowest BCUT2D eigenvalue weighted by Gasteiger charge is -2.16. The molecule has 1 heterocycles. The van der Waals surface area contributed by atoms with Gasteiger partial charge in [0.2, 0.25) is 10.0 Å². The zero-order valence-electron chi connectivity index (χ0n) is 9.68. The molecule has 2 rings (SSSR count). The summed E-state index contributed by atoms with van der Waals surface area (Å²) in [6, 6.07) is 0.570. The molecule has 1 atom stereocenters. The molecule has 1 aliphatic carbocycles. The Hall–Kier alpha value is -0.170. The summed E-state index contributed by atoms with van der Waals surface area (Å²) in [4.78, 5) is 0. The Morgan fingerprint density at radius 1 is 1.38 bits per heavy atom. The van der Waals surface area contributed by atoms with Crippen molar-refractivity contribution >= 4 is 10.0 Å². The molecular weight excluding hydrogens is 228 g/mol. The summed E-state index contributed by atoms with van der Waals surface area (Å²) >= 11 is 0. The third-order valence-electron chi connectivity index (χ3n) is 3.20. The number of hydrogen-bond acceptors (Lipinski definition) is 4. The lowest BCUT2D eigenvalue weighted by Crippen LogP contribution is -2.36. The van der Waals surface area contributed by atoms with E-state index in [2.05, 4.69) is 5.32 Å². The molecule has 1 N–H and O–H groups in total. The van der Waals surface area contributed by atoms with E-state index >= 15 is 0 Å². The lowest BCUT2D eigenvalue weighted by molar-refractivity contribution is 0.115. The van der Waals surface area contributed by atoms with Gasteiger partial charge >= 0.3 is 0 Å². The first-order chi connectivity index (χ1) is 7.62. The van der Waals surface area contributed by atoms with E-state index in [-0.39, 0.29) is 11.9 Å². The minimum atomic E-state index is -3.08. The van der Waals surface area contributed by atoms with Crippen LogP contribution in [0.25, 0.3) is 0 Å². The Kier molecular flexibility index (Phi) is 3.84. The average molecular weight is 248 g/mol. The summed E-state index contributed by atoms with van der Waals surface area (Å²) in [5.74, 6) is 0.208. The first kappa shape index (κ1) is 12.3. The van der Waals surface area contributed by atoms with Gasteiger partial charge in [-0.2, -0.15) is 4.31 Å².